The Morgan fingerprint density at radius 1 is 1.00 bits per heavy atom. The van der Waals surface area contributed by atoms with E-state index in [0.29, 0.717) is 35.9 Å². The number of amidine groups is 1. The summed E-state index contributed by atoms with van der Waals surface area (Å²) in [6, 6.07) is 18.9. The molecule has 1 aromatic carbocycles. The second-order valence-electron chi connectivity index (χ2n) is 7.67. The Hall–Kier alpha value is -4.46. The number of anilines is 2. The lowest BCUT2D eigenvalue weighted by Crippen LogP contribution is -2.10. The van der Waals surface area contributed by atoms with Gasteiger partial charge in [-0.15, -0.1) is 0 Å². The van der Waals surface area contributed by atoms with E-state index in [1.807, 2.05) is 61.5 Å². The molecule has 0 aliphatic carbocycles. The molecule has 8 heteroatoms. The average Bonchev–Trinajstić information content (AvgIpc) is 2.85. The first-order valence-electron chi connectivity index (χ1n) is 10.8. The molecule has 0 aliphatic rings. The lowest BCUT2D eigenvalue weighted by atomic mass is 10.1. The number of aromatic nitrogens is 3. The molecule has 3 aromatic heterocycles. The van der Waals surface area contributed by atoms with E-state index in [1.165, 1.54) is 0 Å². The summed E-state index contributed by atoms with van der Waals surface area (Å²) in [6.45, 7) is 1.93. The Balaban J connectivity index is 1.56. The molecular formula is C26H26N6O2. The van der Waals surface area contributed by atoms with Crippen molar-refractivity contribution in [3.63, 3.8) is 0 Å². The van der Waals surface area contributed by atoms with Gasteiger partial charge in [-0.1, -0.05) is 6.07 Å². The predicted octanol–water partition coefficient (Wildman–Crippen LogP) is 5.26. The number of hydrogen-bond acceptors (Lipinski definition) is 7. The van der Waals surface area contributed by atoms with Crippen molar-refractivity contribution in [1.29, 1.82) is 5.41 Å². The van der Waals surface area contributed by atoms with Crippen molar-refractivity contribution in [2.24, 2.45) is 5.73 Å². The molecule has 0 saturated carbocycles. The Labute approximate surface area is 198 Å². The van der Waals surface area contributed by atoms with Crippen molar-refractivity contribution >= 4 is 17.3 Å². The van der Waals surface area contributed by atoms with E-state index in [4.69, 9.17) is 20.6 Å². The van der Waals surface area contributed by atoms with Gasteiger partial charge in [0, 0.05) is 36.3 Å². The van der Waals surface area contributed by atoms with Gasteiger partial charge in [-0.25, -0.2) is 9.97 Å². The molecule has 172 valence electrons. The minimum absolute atomic E-state index is 0.141. The fraction of sp³-hybridized carbons (Fsp3) is 0.154. The summed E-state index contributed by atoms with van der Waals surface area (Å²) in [7, 11) is 1.63. The standard InChI is InChI=1S/C26H26N6O2/c1-17-6-9-23(26(31-17)21-5-3-4-13-29-21)34-20-12-14-30-25(16-20)32-19-8-10-22(33-2)18(15-19)7-11-24(27)28/h3-6,8-10,12-16H,7,11H2,1-2H3,(H3,27,28)(H,30,32). The van der Waals surface area contributed by atoms with E-state index in [2.05, 4.69) is 20.3 Å². The first-order valence-corrected chi connectivity index (χ1v) is 10.8. The molecule has 3 heterocycles. The van der Waals surface area contributed by atoms with Gasteiger partial charge in [-0.3, -0.25) is 10.4 Å². The number of aryl methyl sites for hydroxylation is 2. The zero-order chi connectivity index (χ0) is 23.9. The van der Waals surface area contributed by atoms with Crippen LogP contribution in [0.15, 0.2) is 73.1 Å². The zero-order valence-electron chi connectivity index (χ0n) is 19.1. The Bertz CT molecular complexity index is 1290. The molecule has 0 saturated heterocycles. The molecule has 0 atom stereocenters. The van der Waals surface area contributed by atoms with E-state index in [9.17, 15) is 0 Å². The van der Waals surface area contributed by atoms with E-state index < -0.39 is 0 Å². The highest BCUT2D eigenvalue weighted by atomic mass is 16.5. The second kappa shape index (κ2) is 10.4. The van der Waals surface area contributed by atoms with Crippen molar-refractivity contribution < 1.29 is 9.47 Å². The molecular weight excluding hydrogens is 428 g/mol. The topological polar surface area (TPSA) is 119 Å². The van der Waals surface area contributed by atoms with Crippen LogP contribution in [0.2, 0.25) is 0 Å². The van der Waals surface area contributed by atoms with Crippen molar-refractivity contribution in [1.82, 2.24) is 15.0 Å². The molecule has 0 spiro atoms. The van der Waals surface area contributed by atoms with Crippen LogP contribution in [0, 0.1) is 12.3 Å². The van der Waals surface area contributed by atoms with Crippen LogP contribution in [0.5, 0.6) is 17.2 Å². The Morgan fingerprint density at radius 2 is 1.85 bits per heavy atom. The predicted molar refractivity (Wildman–Crippen MR) is 133 cm³/mol. The number of ether oxygens (including phenoxy) is 2. The van der Waals surface area contributed by atoms with Crippen LogP contribution >= 0.6 is 0 Å². The van der Waals surface area contributed by atoms with Gasteiger partial charge in [0.15, 0.2) is 5.75 Å². The number of pyridine rings is 3. The van der Waals surface area contributed by atoms with Crippen LogP contribution < -0.4 is 20.5 Å². The summed E-state index contributed by atoms with van der Waals surface area (Å²) in [5.74, 6) is 2.75. The van der Waals surface area contributed by atoms with Gasteiger partial charge in [0.25, 0.3) is 0 Å². The van der Waals surface area contributed by atoms with Gasteiger partial charge in [0.05, 0.1) is 18.6 Å². The maximum absolute atomic E-state index is 7.49. The van der Waals surface area contributed by atoms with Crippen LogP contribution in [0.3, 0.4) is 0 Å². The van der Waals surface area contributed by atoms with Gasteiger partial charge in [-0.2, -0.15) is 0 Å². The van der Waals surface area contributed by atoms with Crippen molar-refractivity contribution in [2.75, 3.05) is 12.4 Å². The highest BCUT2D eigenvalue weighted by molar-refractivity contribution is 5.77. The fourth-order valence-corrected chi connectivity index (χ4v) is 3.45. The lowest BCUT2D eigenvalue weighted by molar-refractivity contribution is 0.410. The average molecular weight is 455 g/mol. The molecule has 0 aliphatic heterocycles. The Morgan fingerprint density at radius 3 is 2.62 bits per heavy atom. The normalized spacial score (nSPS) is 10.5. The number of nitrogens with two attached hydrogens (primary N) is 1. The van der Waals surface area contributed by atoms with E-state index in [-0.39, 0.29) is 5.84 Å². The summed E-state index contributed by atoms with van der Waals surface area (Å²) < 4.78 is 11.6. The quantitative estimate of drug-likeness (QED) is 0.233. The van der Waals surface area contributed by atoms with Gasteiger partial charge >= 0.3 is 0 Å². The maximum Gasteiger partial charge on any atom is 0.155 e. The molecule has 0 fully saturated rings. The second-order valence-corrected chi connectivity index (χ2v) is 7.67. The van der Waals surface area contributed by atoms with Crippen molar-refractivity contribution in [2.45, 2.75) is 19.8 Å². The third-order valence-corrected chi connectivity index (χ3v) is 5.08. The highest BCUT2D eigenvalue weighted by Gasteiger charge is 2.12. The number of nitrogens with zero attached hydrogens (tertiary/aromatic N) is 3. The summed E-state index contributed by atoms with van der Waals surface area (Å²) >= 11 is 0. The molecule has 0 radical (unpaired) electrons. The van der Waals surface area contributed by atoms with Crippen LogP contribution in [0.1, 0.15) is 17.7 Å². The third kappa shape index (κ3) is 5.66. The summed E-state index contributed by atoms with van der Waals surface area (Å²) in [4.78, 5) is 13.5. The van der Waals surface area contributed by atoms with Crippen LogP contribution in [-0.2, 0) is 6.42 Å². The zero-order valence-corrected chi connectivity index (χ0v) is 19.1. The third-order valence-electron chi connectivity index (χ3n) is 5.08. The van der Waals surface area contributed by atoms with Gasteiger partial charge in [0.1, 0.15) is 23.0 Å². The number of rotatable bonds is 9. The summed E-state index contributed by atoms with van der Waals surface area (Å²) in [5.41, 5.74) is 9.62. The molecule has 0 unspecified atom stereocenters. The van der Waals surface area contributed by atoms with E-state index >= 15 is 0 Å². The smallest absolute Gasteiger partial charge is 0.155 e. The van der Waals surface area contributed by atoms with Crippen molar-refractivity contribution in [3.8, 4) is 28.6 Å². The molecule has 34 heavy (non-hydrogen) atoms. The van der Waals surface area contributed by atoms with Crippen LogP contribution in [0.25, 0.3) is 11.4 Å². The van der Waals surface area contributed by atoms with Gasteiger partial charge < -0.3 is 20.5 Å². The molecule has 4 rings (SSSR count). The molecule has 0 bridgehead atoms. The SMILES string of the molecule is COc1ccc(Nc2cc(Oc3ccc(C)nc3-c3ccccn3)ccn2)cc1CCC(=N)N. The minimum atomic E-state index is 0.141. The highest BCUT2D eigenvalue weighted by Crippen LogP contribution is 2.32. The number of methoxy groups -OCH3 is 1. The van der Waals surface area contributed by atoms with E-state index in [1.54, 1.807) is 25.6 Å². The monoisotopic (exact) mass is 454 g/mol. The first kappa shape index (κ1) is 22.7. The number of hydrogen-bond donors (Lipinski definition) is 3. The summed E-state index contributed by atoms with van der Waals surface area (Å²) in [5, 5.41) is 10.8. The van der Waals surface area contributed by atoms with Gasteiger partial charge in [0.2, 0.25) is 0 Å². The first-order chi connectivity index (χ1) is 16.5. The minimum Gasteiger partial charge on any atom is -0.496 e. The molecule has 8 nitrogen and oxygen atoms in total. The molecule has 4 N–H and O–H groups in total. The maximum atomic E-state index is 7.49. The molecule has 0 amide bonds. The van der Waals surface area contributed by atoms with E-state index in [0.717, 1.165) is 28.4 Å². The van der Waals surface area contributed by atoms with Gasteiger partial charge in [-0.05, 0) is 67.4 Å². The summed E-state index contributed by atoms with van der Waals surface area (Å²) in [6.07, 6.45) is 4.49. The number of benzene rings is 1. The van der Waals surface area contributed by atoms with Crippen LogP contribution in [0.4, 0.5) is 11.5 Å². The lowest BCUT2D eigenvalue weighted by Gasteiger charge is -2.13. The number of nitrogens with one attached hydrogen (secondary N) is 2. The Kier molecular flexibility index (Phi) is 6.98. The van der Waals surface area contributed by atoms with Crippen LogP contribution in [-0.4, -0.2) is 27.9 Å². The fourth-order valence-electron chi connectivity index (χ4n) is 3.45. The van der Waals surface area contributed by atoms with Crippen molar-refractivity contribution in [3.05, 3.63) is 84.3 Å². The largest absolute Gasteiger partial charge is 0.496 e. The molecule has 4 aromatic rings.